The topological polar surface area (TPSA) is 86.7 Å². The molecule has 1 N–H and O–H groups in total. The molecule has 0 aromatic carbocycles. The first-order chi connectivity index (χ1) is 9.64. The third-order valence-electron chi connectivity index (χ3n) is 5.15. The van der Waals surface area contributed by atoms with E-state index < -0.39 is 35.5 Å². The Kier molecular flexibility index (Phi) is 3.06. The van der Waals surface area contributed by atoms with Crippen LogP contribution in [-0.2, 0) is 14.3 Å². The van der Waals surface area contributed by atoms with E-state index in [-0.39, 0.29) is 18.3 Å². The second kappa shape index (κ2) is 4.38. The fraction of sp³-hybridized carbons (Fsp3) is 0.857. The number of rotatable bonds is 4. The summed E-state index contributed by atoms with van der Waals surface area (Å²) in [6.45, 7) is -1.51. The molecule has 4 bridgehead atoms. The molecule has 0 aromatic heterocycles. The molecule has 0 saturated heterocycles. The average molecular weight is 303 g/mol. The van der Waals surface area contributed by atoms with Crippen molar-refractivity contribution in [2.24, 2.45) is 17.3 Å². The first-order valence-corrected chi connectivity index (χ1v) is 7.13. The van der Waals surface area contributed by atoms with Gasteiger partial charge >= 0.3 is 11.9 Å². The lowest BCUT2D eigenvalue weighted by Gasteiger charge is -2.58. The summed E-state index contributed by atoms with van der Waals surface area (Å²) in [5, 5.41) is 20.7. The van der Waals surface area contributed by atoms with E-state index in [0.717, 1.165) is 6.42 Å². The second-order valence-corrected chi connectivity index (χ2v) is 7.03. The number of hydrogen-bond donors (Lipinski definition) is 1. The predicted molar refractivity (Wildman–Crippen MR) is 63.0 cm³/mol. The molecule has 21 heavy (non-hydrogen) atoms. The molecule has 0 aromatic rings. The summed E-state index contributed by atoms with van der Waals surface area (Å²) in [7, 11) is 0. The molecule has 2 unspecified atom stereocenters. The highest BCUT2D eigenvalue weighted by Gasteiger charge is 2.61. The Balaban J connectivity index is 1.71. The number of carboxylic acid groups (broad SMARTS) is 1. The van der Waals surface area contributed by atoms with Crippen molar-refractivity contribution in [2.75, 3.05) is 6.61 Å². The van der Waals surface area contributed by atoms with Gasteiger partial charge in [-0.3, -0.25) is 4.79 Å². The molecule has 2 atom stereocenters. The normalized spacial score (nSPS) is 41.1. The van der Waals surface area contributed by atoms with Gasteiger partial charge in [-0.1, -0.05) is 0 Å². The number of carbonyl (C=O) groups excluding carboxylic acids is 2. The Morgan fingerprint density at radius 3 is 2.29 bits per heavy atom. The number of esters is 1. The summed E-state index contributed by atoms with van der Waals surface area (Å²) in [5.41, 5.74) is -1.83. The van der Waals surface area contributed by atoms with Crippen molar-refractivity contribution in [3.63, 3.8) is 0 Å². The maximum absolute atomic E-state index is 13.0. The van der Waals surface area contributed by atoms with E-state index in [1.807, 2.05) is 0 Å². The minimum Gasteiger partial charge on any atom is -0.544 e. The fourth-order valence-electron chi connectivity index (χ4n) is 4.82. The van der Waals surface area contributed by atoms with Crippen LogP contribution < -0.4 is 5.11 Å². The summed E-state index contributed by atoms with van der Waals surface area (Å²) in [5.74, 6) is -7.12. The van der Waals surface area contributed by atoms with Crippen LogP contribution in [0.1, 0.15) is 38.5 Å². The van der Waals surface area contributed by atoms with Crippen molar-refractivity contribution in [1.82, 2.24) is 0 Å². The van der Waals surface area contributed by atoms with Gasteiger partial charge in [0.1, 0.15) is 5.97 Å². The zero-order valence-corrected chi connectivity index (χ0v) is 11.4. The Labute approximate surface area is 120 Å². The third-order valence-corrected chi connectivity index (χ3v) is 5.15. The van der Waals surface area contributed by atoms with Crippen LogP contribution in [0.2, 0.25) is 0 Å². The molecule has 0 aliphatic heterocycles. The molecule has 4 fully saturated rings. The lowest BCUT2D eigenvalue weighted by Crippen LogP contribution is -2.59. The van der Waals surface area contributed by atoms with Gasteiger partial charge in [-0.25, -0.2) is 0 Å². The van der Waals surface area contributed by atoms with Crippen molar-refractivity contribution < 1.29 is 33.3 Å². The predicted octanol–water partition coefficient (Wildman–Crippen LogP) is 0.246. The molecule has 5 nitrogen and oxygen atoms in total. The number of ether oxygens (including phenoxy) is 1. The maximum Gasteiger partial charge on any atom is 0.320 e. The highest BCUT2D eigenvalue weighted by Crippen LogP contribution is 2.62. The number of carbonyl (C=O) groups is 2. The van der Waals surface area contributed by atoms with Gasteiger partial charge in [0.25, 0.3) is 0 Å². The third kappa shape index (κ3) is 2.41. The van der Waals surface area contributed by atoms with Crippen LogP contribution in [0.5, 0.6) is 0 Å². The van der Waals surface area contributed by atoms with Gasteiger partial charge in [0, 0.05) is 0 Å². The summed E-state index contributed by atoms with van der Waals surface area (Å²) in [4.78, 5) is 22.5. The number of hydrogen-bond acceptors (Lipinski definition) is 5. The standard InChI is InChI=1S/C14H18F2O5/c15-14(16,10(17)18)7-21-11(19)12-2-8-1-9(3-12)5-13(20,4-8)6-12/h8-9,20H,1-7H2,(H,17,18)/p-1. The lowest BCUT2D eigenvalue weighted by atomic mass is 9.48. The van der Waals surface area contributed by atoms with Gasteiger partial charge in [0.05, 0.1) is 11.0 Å². The molecular weight excluding hydrogens is 286 g/mol. The smallest absolute Gasteiger partial charge is 0.320 e. The second-order valence-electron chi connectivity index (χ2n) is 7.03. The van der Waals surface area contributed by atoms with E-state index in [1.54, 1.807) is 0 Å². The average Bonchev–Trinajstić information content (AvgIpc) is 2.32. The summed E-state index contributed by atoms with van der Waals surface area (Å²) >= 11 is 0. The molecular formula is C14H17F2O5-. The molecule has 118 valence electrons. The molecule has 7 heteroatoms. The molecule has 0 radical (unpaired) electrons. The van der Waals surface area contributed by atoms with E-state index in [2.05, 4.69) is 4.74 Å². The molecule has 4 aliphatic rings. The summed E-state index contributed by atoms with van der Waals surface area (Å²) < 4.78 is 30.5. The Bertz CT molecular complexity index is 476. The molecule has 0 amide bonds. The van der Waals surface area contributed by atoms with Crippen LogP contribution in [0.25, 0.3) is 0 Å². The van der Waals surface area contributed by atoms with E-state index >= 15 is 0 Å². The number of aliphatic carboxylic acids is 1. The Hall–Kier alpha value is -1.24. The zero-order chi connectivity index (χ0) is 15.5. The van der Waals surface area contributed by atoms with Gasteiger partial charge in [-0.05, 0) is 50.4 Å². The minimum atomic E-state index is -4.19. The van der Waals surface area contributed by atoms with Crippen molar-refractivity contribution in [3.05, 3.63) is 0 Å². The molecule has 4 rings (SSSR count). The fourth-order valence-corrected chi connectivity index (χ4v) is 4.82. The minimum absolute atomic E-state index is 0.213. The molecule has 4 saturated carbocycles. The van der Waals surface area contributed by atoms with Crippen molar-refractivity contribution >= 4 is 11.9 Å². The van der Waals surface area contributed by atoms with Crippen LogP contribution in [0, 0.1) is 17.3 Å². The van der Waals surface area contributed by atoms with E-state index in [9.17, 15) is 28.6 Å². The van der Waals surface area contributed by atoms with Gasteiger partial charge in [-0.2, -0.15) is 8.78 Å². The van der Waals surface area contributed by atoms with E-state index in [0.29, 0.717) is 25.7 Å². The summed E-state index contributed by atoms with van der Waals surface area (Å²) in [6, 6.07) is 0. The lowest BCUT2D eigenvalue weighted by molar-refractivity contribution is -0.331. The maximum atomic E-state index is 13.0. The van der Waals surface area contributed by atoms with Gasteiger partial charge in [0.15, 0.2) is 6.61 Å². The van der Waals surface area contributed by atoms with Crippen molar-refractivity contribution in [1.29, 1.82) is 0 Å². The highest BCUT2D eigenvalue weighted by atomic mass is 19.3. The van der Waals surface area contributed by atoms with Crippen molar-refractivity contribution in [3.8, 4) is 0 Å². The number of aliphatic hydroxyl groups is 1. The largest absolute Gasteiger partial charge is 0.544 e. The highest BCUT2D eigenvalue weighted by molar-refractivity contribution is 5.79. The first-order valence-electron chi connectivity index (χ1n) is 7.13. The number of halogens is 2. The zero-order valence-electron chi connectivity index (χ0n) is 11.4. The van der Waals surface area contributed by atoms with Crippen LogP contribution in [-0.4, -0.2) is 35.2 Å². The first kappa shape index (κ1) is 14.7. The SMILES string of the molecule is O=C([O-])C(F)(F)COC(=O)C12CC3CC(CC(O)(C3)C1)C2. The Morgan fingerprint density at radius 1 is 1.24 bits per heavy atom. The molecule has 0 spiro atoms. The van der Waals surface area contributed by atoms with Crippen LogP contribution in [0.3, 0.4) is 0 Å². The quantitative estimate of drug-likeness (QED) is 0.752. The van der Waals surface area contributed by atoms with Crippen LogP contribution >= 0.6 is 0 Å². The Morgan fingerprint density at radius 2 is 1.81 bits per heavy atom. The van der Waals surface area contributed by atoms with E-state index in [1.165, 1.54) is 0 Å². The molecule has 4 aliphatic carbocycles. The van der Waals surface area contributed by atoms with Gasteiger partial charge in [-0.15, -0.1) is 0 Å². The monoisotopic (exact) mass is 303 g/mol. The molecule has 0 heterocycles. The summed E-state index contributed by atoms with van der Waals surface area (Å²) in [6.07, 6.45) is 3.53. The van der Waals surface area contributed by atoms with E-state index in [4.69, 9.17) is 0 Å². The number of alkyl halides is 2. The number of carboxylic acids is 1. The van der Waals surface area contributed by atoms with Crippen LogP contribution in [0.4, 0.5) is 8.78 Å². The van der Waals surface area contributed by atoms with Gasteiger partial charge in [0.2, 0.25) is 0 Å². The van der Waals surface area contributed by atoms with Crippen LogP contribution in [0.15, 0.2) is 0 Å². The van der Waals surface area contributed by atoms with Crippen molar-refractivity contribution in [2.45, 2.75) is 50.0 Å². The van der Waals surface area contributed by atoms with Gasteiger partial charge < -0.3 is 19.7 Å².